The van der Waals surface area contributed by atoms with E-state index in [1.54, 1.807) is 29.2 Å². The molecule has 2 fully saturated rings. The highest BCUT2D eigenvalue weighted by Crippen LogP contribution is 2.40. The summed E-state index contributed by atoms with van der Waals surface area (Å²) in [7, 11) is 0. The van der Waals surface area contributed by atoms with E-state index in [9.17, 15) is 27.6 Å². The summed E-state index contributed by atoms with van der Waals surface area (Å²) >= 11 is 0. The Kier molecular flexibility index (Phi) is 8.82. The van der Waals surface area contributed by atoms with Gasteiger partial charge >= 0.3 is 18.4 Å². The number of amides is 3. The third-order valence-electron chi connectivity index (χ3n) is 8.18. The smallest absolute Gasteiger partial charge is 0.480 e. The molecule has 1 spiro atoms. The molecule has 2 aliphatic heterocycles. The number of hydrogen-bond donors (Lipinski definition) is 2. The molecule has 5 rings (SSSR count). The molecule has 3 amide bonds. The number of urea groups is 1. The van der Waals surface area contributed by atoms with Gasteiger partial charge in [-0.2, -0.15) is 0 Å². The minimum Gasteiger partial charge on any atom is -0.480 e. The van der Waals surface area contributed by atoms with Crippen molar-refractivity contribution in [2.24, 2.45) is 0 Å². The van der Waals surface area contributed by atoms with Gasteiger partial charge in [0.2, 0.25) is 0 Å². The third-order valence-corrected chi connectivity index (χ3v) is 8.18. The number of nitrogens with zero attached hydrogens (tertiary/aromatic N) is 3. The van der Waals surface area contributed by atoms with Gasteiger partial charge in [0.05, 0.1) is 12.1 Å². The number of carbonyl (C=O) groups is 3. The van der Waals surface area contributed by atoms with Gasteiger partial charge in [-0.25, -0.2) is 4.79 Å². The van der Waals surface area contributed by atoms with Gasteiger partial charge in [0.1, 0.15) is 11.8 Å². The van der Waals surface area contributed by atoms with E-state index >= 15 is 0 Å². The Bertz CT molecular complexity index is 1470. The zero-order valence-electron chi connectivity index (χ0n) is 24.1. The maximum Gasteiger partial charge on any atom is 0.573 e. The number of nitrogens with one attached hydrogen (secondary N) is 1. The lowest BCUT2D eigenvalue weighted by atomic mass is 9.86. The van der Waals surface area contributed by atoms with Gasteiger partial charge in [-0.1, -0.05) is 42.5 Å². The number of aliphatic carboxylic acids is 1. The van der Waals surface area contributed by atoms with Crippen molar-refractivity contribution in [3.63, 3.8) is 0 Å². The van der Waals surface area contributed by atoms with Crippen LogP contribution >= 0.6 is 0 Å². The average molecular weight is 611 g/mol. The second-order valence-corrected chi connectivity index (χ2v) is 11.2. The fourth-order valence-corrected chi connectivity index (χ4v) is 5.74. The summed E-state index contributed by atoms with van der Waals surface area (Å²) in [6.07, 6.45) is -3.42. The summed E-state index contributed by atoms with van der Waals surface area (Å²) in [6.45, 7) is 4.31. The van der Waals surface area contributed by atoms with Gasteiger partial charge < -0.3 is 20.1 Å². The quantitative estimate of drug-likeness (QED) is 0.343. The number of halogens is 3. The molecule has 44 heavy (non-hydrogen) atoms. The predicted octanol–water partition coefficient (Wildman–Crippen LogP) is 5.27. The minimum absolute atomic E-state index is 0.261. The van der Waals surface area contributed by atoms with Gasteiger partial charge in [-0.3, -0.25) is 19.4 Å². The molecule has 232 valence electrons. The molecule has 0 aromatic heterocycles. The Hall–Kier alpha value is -4.58. The highest BCUT2D eigenvalue weighted by Gasteiger charge is 2.51. The van der Waals surface area contributed by atoms with E-state index in [-0.39, 0.29) is 18.3 Å². The first-order valence-electron chi connectivity index (χ1n) is 14.3. The Morgan fingerprint density at radius 2 is 1.55 bits per heavy atom. The zero-order valence-corrected chi connectivity index (χ0v) is 24.1. The predicted molar refractivity (Wildman–Crippen MR) is 156 cm³/mol. The molecule has 3 aromatic rings. The summed E-state index contributed by atoms with van der Waals surface area (Å²) in [6, 6.07) is 20.8. The lowest BCUT2D eigenvalue weighted by Gasteiger charge is -2.44. The highest BCUT2D eigenvalue weighted by molar-refractivity contribution is 5.97. The molecule has 0 bridgehead atoms. The number of alkyl halides is 3. The molecular formula is C32H33F3N4O5. The lowest BCUT2D eigenvalue weighted by Crippen LogP contribution is -2.54. The fraction of sp³-hybridized carbons (Fsp3) is 0.344. The van der Waals surface area contributed by atoms with Gasteiger partial charge in [-0.05, 0) is 67.3 Å². The molecule has 12 heteroatoms. The lowest BCUT2D eigenvalue weighted by molar-refractivity contribution is -0.274. The van der Waals surface area contributed by atoms with E-state index in [1.807, 2.05) is 23.1 Å². The maximum atomic E-state index is 13.9. The van der Waals surface area contributed by atoms with Crippen molar-refractivity contribution < 1.29 is 37.4 Å². The Balaban J connectivity index is 1.35. The molecule has 2 heterocycles. The molecule has 0 unspecified atom stereocenters. The third kappa shape index (κ3) is 7.13. The molecule has 2 aliphatic rings. The first-order valence-corrected chi connectivity index (χ1v) is 14.3. The van der Waals surface area contributed by atoms with Gasteiger partial charge in [-0.15, -0.1) is 13.2 Å². The Morgan fingerprint density at radius 3 is 2.14 bits per heavy atom. The van der Waals surface area contributed by atoms with Crippen LogP contribution in [0.25, 0.3) is 0 Å². The van der Waals surface area contributed by atoms with Crippen molar-refractivity contribution in [1.29, 1.82) is 0 Å². The molecule has 1 atom stereocenters. The number of anilines is 1. The monoisotopic (exact) mass is 610 g/mol. The molecule has 0 saturated carbocycles. The highest BCUT2D eigenvalue weighted by atomic mass is 19.4. The van der Waals surface area contributed by atoms with Crippen LogP contribution in [-0.2, 0) is 17.9 Å². The number of ether oxygens (including phenoxy) is 1. The van der Waals surface area contributed by atoms with Crippen molar-refractivity contribution in [2.45, 2.75) is 50.8 Å². The standard InChI is InChI=1S/C32H33F3N4O5/c1-22(29(41)42)36-28(40)25-9-7-24(8-10-25)20-39-30(43)38(26-11-13-27(14-12-26)44-32(33,34)35)21-31(39)15-17-37(18-16-31)19-23-5-3-2-4-6-23/h2-14,22H,15-21H2,1H3,(H,36,40)(H,41,42)/t22-/m0/s1. The molecule has 3 aromatic carbocycles. The molecule has 2 saturated heterocycles. The summed E-state index contributed by atoms with van der Waals surface area (Å²) in [5.41, 5.74) is 2.23. The second kappa shape index (κ2) is 12.6. The van der Waals surface area contributed by atoms with Crippen molar-refractivity contribution >= 4 is 23.6 Å². The SMILES string of the molecule is C[C@H](NC(=O)c1ccc(CN2C(=O)N(c3ccc(OC(F)(F)F)cc3)CC23CCN(Cc2ccccc2)CC3)cc1)C(=O)O. The number of carboxylic acids is 1. The summed E-state index contributed by atoms with van der Waals surface area (Å²) in [5, 5.41) is 11.5. The van der Waals surface area contributed by atoms with Crippen LogP contribution in [-0.4, -0.2) is 70.4 Å². The van der Waals surface area contributed by atoms with Gasteiger partial charge in [0.15, 0.2) is 0 Å². The van der Waals surface area contributed by atoms with Gasteiger partial charge in [0.25, 0.3) is 5.91 Å². The van der Waals surface area contributed by atoms with Crippen LogP contribution in [0.4, 0.5) is 23.7 Å². The van der Waals surface area contributed by atoms with Crippen LogP contribution in [0.1, 0.15) is 41.3 Å². The van der Waals surface area contributed by atoms with Crippen LogP contribution in [0.2, 0.25) is 0 Å². The van der Waals surface area contributed by atoms with Crippen LogP contribution in [0, 0.1) is 0 Å². The zero-order chi connectivity index (χ0) is 31.5. The number of carboxylic acid groups (broad SMARTS) is 1. The normalized spacial score (nSPS) is 17.5. The molecule has 0 radical (unpaired) electrons. The van der Waals surface area contributed by atoms with E-state index in [4.69, 9.17) is 5.11 Å². The van der Waals surface area contributed by atoms with Crippen molar-refractivity contribution in [2.75, 3.05) is 24.5 Å². The number of hydrogen-bond acceptors (Lipinski definition) is 5. The largest absolute Gasteiger partial charge is 0.573 e. The fourth-order valence-electron chi connectivity index (χ4n) is 5.74. The van der Waals surface area contributed by atoms with Crippen LogP contribution in [0.3, 0.4) is 0 Å². The first kappa shape index (κ1) is 30.9. The number of rotatable bonds is 9. The van der Waals surface area contributed by atoms with E-state index in [1.165, 1.54) is 36.8 Å². The van der Waals surface area contributed by atoms with Crippen LogP contribution in [0.5, 0.6) is 5.75 Å². The van der Waals surface area contributed by atoms with E-state index in [0.717, 1.165) is 25.2 Å². The van der Waals surface area contributed by atoms with E-state index in [0.29, 0.717) is 30.6 Å². The molecule has 0 aliphatic carbocycles. The first-order chi connectivity index (χ1) is 20.9. The number of piperidine rings is 1. The topological polar surface area (TPSA) is 102 Å². The second-order valence-electron chi connectivity index (χ2n) is 11.2. The Morgan fingerprint density at radius 1 is 0.932 bits per heavy atom. The molecule has 2 N–H and O–H groups in total. The van der Waals surface area contributed by atoms with Crippen LogP contribution < -0.4 is 15.0 Å². The number of carbonyl (C=O) groups excluding carboxylic acids is 2. The summed E-state index contributed by atoms with van der Waals surface area (Å²) in [4.78, 5) is 43.3. The van der Waals surface area contributed by atoms with Crippen molar-refractivity contribution in [3.05, 3.63) is 95.6 Å². The number of benzene rings is 3. The number of likely N-dealkylation sites (tertiary alicyclic amines) is 1. The van der Waals surface area contributed by atoms with Crippen molar-refractivity contribution in [3.8, 4) is 5.75 Å². The van der Waals surface area contributed by atoms with Crippen molar-refractivity contribution in [1.82, 2.24) is 15.1 Å². The maximum absolute atomic E-state index is 13.9. The van der Waals surface area contributed by atoms with Gasteiger partial charge in [0, 0.05) is 37.4 Å². The van der Waals surface area contributed by atoms with E-state index < -0.39 is 29.8 Å². The Labute approximate surface area is 252 Å². The van der Waals surface area contributed by atoms with E-state index in [2.05, 4.69) is 27.1 Å². The van der Waals surface area contributed by atoms with Crippen LogP contribution in [0.15, 0.2) is 78.9 Å². The molecule has 9 nitrogen and oxygen atoms in total. The average Bonchev–Trinajstić information content (AvgIpc) is 3.25. The summed E-state index contributed by atoms with van der Waals surface area (Å²) < 4.78 is 42.1. The minimum atomic E-state index is -4.82. The summed E-state index contributed by atoms with van der Waals surface area (Å²) in [5.74, 6) is -2.03. The molecular weight excluding hydrogens is 577 g/mol.